The van der Waals surface area contributed by atoms with Crippen LogP contribution in [-0.2, 0) is 6.54 Å². The minimum Gasteiger partial charge on any atom is -0.497 e. The minimum absolute atomic E-state index is 0.0857. The van der Waals surface area contributed by atoms with E-state index in [1.165, 1.54) is 0 Å². The number of nitrogens with one attached hydrogen (secondary N) is 1. The second kappa shape index (κ2) is 9.23. The monoisotopic (exact) mass is 473 g/mol. The summed E-state index contributed by atoms with van der Waals surface area (Å²) in [4.78, 5) is 15.4. The third-order valence-corrected chi connectivity index (χ3v) is 6.25. The molecule has 5 rings (SSSR count). The molecule has 7 heteroatoms. The molecule has 0 spiro atoms. The highest BCUT2D eigenvalue weighted by Gasteiger charge is 2.42. The number of carbonyl (C=O) groups excluding carboxylic acids is 1. The van der Waals surface area contributed by atoms with Crippen molar-refractivity contribution in [3.63, 3.8) is 0 Å². The predicted octanol–water partition coefficient (Wildman–Crippen LogP) is 5.88. The van der Waals surface area contributed by atoms with E-state index in [-0.39, 0.29) is 11.9 Å². The quantitative estimate of drug-likeness (QED) is 0.364. The van der Waals surface area contributed by atoms with Crippen LogP contribution in [0.15, 0.2) is 72.8 Å². The summed E-state index contributed by atoms with van der Waals surface area (Å²) in [6.07, 6.45) is 0. The van der Waals surface area contributed by atoms with Crippen LogP contribution in [0, 0.1) is 0 Å². The van der Waals surface area contributed by atoms with E-state index in [2.05, 4.69) is 10.2 Å². The van der Waals surface area contributed by atoms with Crippen molar-refractivity contribution in [3.05, 3.63) is 100 Å². The van der Waals surface area contributed by atoms with Gasteiger partial charge in [0, 0.05) is 22.7 Å². The molecule has 0 fully saturated rings. The molecule has 1 aromatic heterocycles. The molecule has 0 saturated heterocycles. The van der Waals surface area contributed by atoms with Crippen LogP contribution in [0.3, 0.4) is 0 Å². The summed E-state index contributed by atoms with van der Waals surface area (Å²) < 4.78 is 10.9. The highest BCUT2D eigenvalue weighted by Crippen LogP contribution is 2.44. The van der Waals surface area contributed by atoms with Crippen molar-refractivity contribution >= 4 is 17.5 Å². The Morgan fingerprint density at radius 1 is 0.971 bits per heavy atom. The number of aromatic amines is 1. The number of benzene rings is 3. The number of amides is 1. The molecular formula is C27H24ClN3O3. The third-order valence-electron chi connectivity index (χ3n) is 6.00. The molecule has 34 heavy (non-hydrogen) atoms. The van der Waals surface area contributed by atoms with Gasteiger partial charge in [0.25, 0.3) is 5.91 Å². The smallest absolute Gasteiger partial charge is 0.273 e. The fourth-order valence-electron chi connectivity index (χ4n) is 4.37. The topological polar surface area (TPSA) is 67.5 Å². The summed E-state index contributed by atoms with van der Waals surface area (Å²) in [6, 6.07) is 22.9. The second-order valence-corrected chi connectivity index (χ2v) is 8.49. The maximum absolute atomic E-state index is 13.6. The molecule has 6 nitrogen and oxygen atoms in total. The van der Waals surface area contributed by atoms with Crippen LogP contribution < -0.4 is 9.47 Å². The van der Waals surface area contributed by atoms with Gasteiger partial charge in [0.2, 0.25) is 0 Å². The molecule has 0 radical (unpaired) electrons. The van der Waals surface area contributed by atoms with E-state index in [1.807, 2.05) is 84.6 Å². The molecule has 0 bridgehead atoms. The SMILES string of the molecule is CCOc1ccc(C2c3c(-c4ccc(Cl)cc4)n[nH]c3C(=O)N2Cc2ccc(OC)cc2)cc1. The number of methoxy groups -OCH3 is 1. The lowest BCUT2D eigenvalue weighted by molar-refractivity contribution is 0.0730. The minimum atomic E-state index is -0.301. The number of nitrogens with zero attached hydrogens (tertiary/aromatic N) is 2. The first-order chi connectivity index (χ1) is 16.6. The van der Waals surface area contributed by atoms with E-state index in [1.54, 1.807) is 7.11 Å². The van der Waals surface area contributed by atoms with Crippen LogP contribution >= 0.6 is 11.6 Å². The summed E-state index contributed by atoms with van der Waals surface area (Å²) in [5, 5.41) is 8.16. The summed E-state index contributed by atoms with van der Waals surface area (Å²) >= 11 is 6.10. The zero-order chi connectivity index (χ0) is 23.7. The Bertz CT molecular complexity index is 1300. The zero-order valence-corrected chi connectivity index (χ0v) is 19.7. The van der Waals surface area contributed by atoms with Crippen LogP contribution in [-0.4, -0.2) is 34.7 Å². The Kier molecular flexibility index (Phi) is 5.99. The van der Waals surface area contributed by atoms with Crippen LogP contribution in [0.2, 0.25) is 5.02 Å². The van der Waals surface area contributed by atoms with Gasteiger partial charge < -0.3 is 14.4 Å². The Balaban J connectivity index is 1.58. The van der Waals surface area contributed by atoms with Crippen molar-refractivity contribution in [3.8, 4) is 22.8 Å². The van der Waals surface area contributed by atoms with Gasteiger partial charge in [0.05, 0.1) is 25.5 Å². The van der Waals surface area contributed by atoms with Crippen LogP contribution in [0.25, 0.3) is 11.3 Å². The van der Waals surface area contributed by atoms with E-state index in [9.17, 15) is 4.79 Å². The summed E-state index contributed by atoms with van der Waals surface area (Å²) in [7, 11) is 1.64. The molecule has 2 heterocycles. The predicted molar refractivity (Wildman–Crippen MR) is 131 cm³/mol. The van der Waals surface area contributed by atoms with Crippen LogP contribution in [0.5, 0.6) is 11.5 Å². The number of hydrogen-bond acceptors (Lipinski definition) is 4. The van der Waals surface area contributed by atoms with Gasteiger partial charge in [-0.1, -0.05) is 48.0 Å². The van der Waals surface area contributed by atoms with Gasteiger partial charge in [-0.25, -0.2) is 0 Å². The first-order valence-electron chi connectivity index (χ1n) is 11.1. The van der Waals surface area contributed by atoms with Crippen molar-refractivity contribution in [1.29, 1.82) is 0 Å². The van der Waals surface area contributed by atoms with Gasteiger partial charge in [0.15, 0.2) is 0 Å². The maximum atomic E-state index is 13.6. The van der Waals surface area contributed by atoms with Crippen LogP contribution in [0.1, 0.15) is 40.1 Å². The number of fused-ring (bicyclic) bond motifs is 1. The first-order valence-corrected chi connectivity index (χ1v) is 11.5. The number of H-pyrrole nitrogens is 1. The highest BCUT2D eigenvalue weighted by atomic mass is 35.5. The lowest BCUT2D eigenvalue weighted by Gasteiger charge is -2.27. The molecule has 1 N–H and O–H groups in total. The fraction of sp³-hybridized carbons (Fsp3) is 0.185. The molecule has 4 aromatic rings. The number of aromatic nitrogens is 2. The Labute approximate surface area is 203 Å². The van der Waals surface area contributed by atoms with Crippen LogP contribution in [0.4, 0.5) is 0 Å². The van der Waals surface area contributed by atoms with E-state index >= 15 is 0 Å². The number of rotatable bonds is 7. The Morgan fingerprint density at radius 3 is 2.29 bits per heavy atom. The van der Waals surface area contributed by atoms with E-state index < -0.39 is 0 Å². The molecule has 1 amide bonds. The molecule has 1 atom stereocenters. The molecule has 1 aliphatic rings. The van der Waals surface area contributed by atoms with E-state index in [4.69, 9.17) is 21.1 Å². The van der Waals surface area contributed by atoms with Crippen molar-refractivity contribution < 1.29 is 14.3 Å². The number of hydrogen-bond donors (Lipinski definition) is 1. The van der Waals surface area contributed by atoms with Crippen molar-refractivity contribution in [2.45, 2.75) is 19.5 Å². The lowest BCUT2D eigenvalue weighted by Crippen LogP contribution is -2.29. The third kappa shape index (κ3) is 4.01. The summed E-state index contributed by atoms with van der Waals surface area (Å²) in [5.74, 6) is 1.49. The van der Waals surface area contributed by atoms with E-state index in [0.717, 1.165) is 39.4 Å². The standard InChI is InChI=1S/C27H24ClN3O3/c1-3-34-22-14-8-19(9-15-22)26-23-24(18-6-10-20(28)11-7-18)29-30-25(23)27(32)31(26)16-17-4-12-21(33-2)13-5-17/h4-15,26H,3,16H2,1-2H3,(H,29,30). The molecule has 172 valence electrons. The van der Waals surface area contributed by atoms with Gasteiger partial charge in [-0.15, -0.1) is 0 Å². The van der Waals surface area contributed by atoms with Gasteiger partial charge in [0.1, 0.15) is 17.2 Å². The normalized spacial score (nSPS) is 14.9. The van der Waals surface area contributed by atoms with Crippen molar-refractivity contribution in [2.24, 2.45) is 0 Å². The average Bonchev–Trinajstić information content (AvgIpc) is 3.40. The van der Waals surface area contributed by atoms with Crippen molar-refractivity contribution in [1.82, 2.24) is 15.1 Å². The molecule has 0 saturated carbocycles. The van der Waals surface area contributed by atoms with E-state index in [0.29, 0.717) is 23.9 Å². The number of carbonyl (C=O) groups is 1. The molecule has 3 aromatic carbocycles. The Morgan fingerprint density at radius 2 is 1.65 bits per heavy atom. The van der Waals surface area contributed by atoms with Gasteiger partial charge in [-0.3, -0.25) is 9.89 Å². The zero-order valence-electron chi connectivity index (χ0n) is 18.9. The summed E-state index contributed by atoms with van der Waals surface area (Å²) in [5.41, 5.74) is 5.02. The largest absolute Gasteiger partial charge is 0.497 e. The molecule has 1 unspecified atom stereocenters. The average molecular weight is 474 g/mol. The number of halogens is 1. The highest BCUT2D eigenvalue weighted by molar-refractivity contribution is 6.30. The van der Waals surface area contributed by atoms with Gasteiger partial charge >= 0.3 is 0 Å². The lowest BCUT2D eigenvalue weighted by atomic mass is 9.96. The summed E-state index contributed by atoms with van der Waals surface area (Å²) in [6.45, 7) is 3.00. The first kappa shape index (κ1) is 22.0. The Hall–Kier alpha value is -3.77. The van der Waals surface area contributed by atoms with Gasteiger partial charge in [-0.2, -0.15) is 5.10 Å². The van der Waals surface area contributed by atoms with Gasteiger partial charge in [-0.05, 0) is 54.4 Å². The fourth-order valence-corrected chi connectivity index (χ4v) is 4.50. The number of ether oxygens (including phenoxy) is 2. The second-order valence-electron chi connectivity index (χ2n) is 8.05. The maximum Gasteiger partial charge on any atom is 0.273 e. The van der Waals surface area contributed by atoms with Crippen molar-refractivity contribution in [2.75, 3.05) is 13.7 Å². The molecule has 0 aliphatic carbocycles. The molecular weight excluding hydrogens is 450 g/mol. The molecule has 1 aliphatic heterocycles.